The SMILES string of the molecule is COc1c(N2CC(N)C3OCCC32)c(F)c(N)c2c(=O)c(C(=O)O)cn([C@@H]3C[C@@H]3F)c12. The summed E-state index contributed by atoms with van der Waals surface area (Å²) < 4.78 is 42.3. The summed E-state index contributed by atoms with van der Waals surface area (Å²) in [6, 6.07) is -1.26. The van der Waals surface area contributed by atoms with E-state index < -0.39 is 40.7 Å². The van der Waals surface area contributed by atoms with Gasteiger partial charge in [-0.25, -0.2) is 13.6 Å². The number of nitrogens with zero attached hydrogens (tertiary/aromatic N) is 2. The maximum absolute atomic E-state index is 15.7. The van der Waals surface area contributed by atoms with Gasteiger partial charge in [-0.3, -0.25) is 4.79 Å². The van der Waals surface area contributed by atoms with Crippen LogP contribution in [0.15, 0.2) is 11.0 Å². The van der Waals surface area contributed by atoms with Gasteiger partial charge in [0, 0.05) is 25.8 Å². The van der Waals surface area contributed by atoms with Gasteiger partial charge in [0.2, 0.25) is 5.43 Å². The van der Waals surface area contributed by atoms with E-state index in [2.05, 4.69) is 0 Å². The van der Waals surface area contributed by atoms with Crippen LogP contribution in [-0.2, 0) is 4.74 Å². The highest BCUT2D eigenvalue weighted by Gasteiger charge is 2.47. The second-order valence-corrected chi connectivity index (χ2v) is 8.24. The van der Waals surface area contributed by atoms with Crippen LogP contribution in [0.5, 0.6) is 5.75 Å². The van der Waals surface area contributed by atoms with E-state index >= 15 is 4.39 Å². The summed E-state index contributed by atoms with van der Waals surface area (Å²) in [6.07, 6.45) is 0.340. The normalized spacial score (nSPS) is 29.4. The van der Waals surface area contributed by atoms with Gasteiger partial charge in [-0.1, -0.05) is 0 Å². The molecule has 3 unspecified atom stereocenters. The summed E-state index contributed by atoms with van der Waals surface area (Å²) in [6.45, 7) is 0.755. The van der Waals surface area contributed by atoms with Crippen molar-refractivity contribution in [3.05, 3.63) is 27.8 Å². The summed E-state index contributed by atoms with van der Waals surface area (Å²) in [5, 5.41) is 9.12. The summed E-state index contributed by atoms with van der Waals surface area (Å²) in [4.78, 5) is 26.3. The third-order valence-corrected chi connectivity index (χ3v) is 6.47. The van der Waals surface area contributed by atoms with Crippen LogP contribution in [-0.4, -0.2) is 60.3 Å². The number of pyridine rings is 1. The minimum absolute atomic E-state index is 0.00501. The molecular weight excluding hydrogens is 414 g/mol. The van der Waals surface area contributed by atoms with Crippen LogP contribution in [0, 0.1) is 5.82 Å². The Kier molecular flexibility index (Phi) is 4.38. The zero-order chi connectivity index (χ0) is 22.2. The Bertz CT molecular complexity index is 1170. The number of hydrogen-bond donors (Lipinski definition) is 3. The van der Waals surface area contributed by atoms with Crippen molar-refractivity contribution in [3.8, 4) is 5.75 Å². The fourth-order valence-corrected chi connectivity index (χ4v) is 4.93. The summed E-state index contributed by atoms with van der Waals surface area (Å²) in [7, 11) is 1.31. The first-order valence-corrected chi connectivity index (χ1v) is 10.0. The van der Waals surface area contributed by atoms with E-state index in [1.54, 1.807) is 4.90 Å². The minimum Gasteiger partial charge on any atom is -0.492 e. The van der Waals surface area contributed by atoms with Crippen molar-refractivity contribution in [1.29, 1.82) is 0 Å². The third-order valence-electron chi connectivity index (χ3n) is 6.47. The van der Waals surface area contributed by atoms with Crippen molar-refractivity contribution in [2.24, 2.45) is 5.73 Å². The number of rotatable bonds is 4. The van der Waals surface area contributed by atoms with Crippen molar-refractivity contribution >= 4 is 28.2 Å². The molecule has 2 saturated heterocycles. The number of carboxylic acid groups (broad SMARTS) is 1. The third kappa shape index (κ3) is 2.72. The lowest BCUT2D eigenvalue weighted by molar-refractivity contribution is 0.0694. The zero-order valence-electron chi connectivity index (χ0n) is 16.7. The van der Waals surface area contributed by atoms with Crippen molar-refractivity contribution in [1.82, 2.24) is 4.57 Å². The molecule has 5 N–H and O–H groups in total. The standard InChI is InChI=1S/C20H22F2N4O5/c1-30-19-15-12(17(27)7(20(28)29)5-25(15)11-4-8(11)21)14(24)13(22)16(19)26-6-9(23)18-10(26)2-3-31-18/h5,8-11,18H,2-4,6,23-24H2,1H3,(H,28,29)/t8-,9?,10?,11+,18?/m0/s1. The number of benzene rings is 1. The van der Waals surface area contributed by atoms with Crippen LogP contribution in [0.4, 0.5) is 20.2 Å². The molecule has 1 aromatic carbocycles. The number of fused-ring (bicyclic) bond motifs is 2. The number of aromatic carboxylic acids is 1. The summed E-state index contributed by atoms with van der Waals surface area (Å²) in [5.41, 5.74) is 10.3. The number of carboxylic acids is 1. The van der Waals surface area contributed by atoms with Gasteiger partial charge in [0.1, 0.15) is 17.4 Å². The van der Waals surface area contributed by atoms with Crippen molar-refractivity contribution in [2.45, 2.75) is 43.2 Å². The molecule has 1 aromatic heterocycles. The first kappa shape index (κ1) is 20.0. The topological polar surface area (TPSA) is 133 Å². The molecule has 5 rings (SSSR count). The average Bonchev–Trinajstić information content (AvgIpc) is 3.12. The lowest BCUT2D eigenvalue weighted by Crippen LogP contribution is -2.35. The number of nitrogen functional groups attached to an aromatic ring is 1. The number of methoxy groups -OCH3 is 1. The molecule has 11 heteroatoms. The first-order chi connectivity index (χ1) is 14.8. The number of nitrogens with two attached hydrogens (primary N) is 2. The predicted molar refractivity (Wildman–Crippen MR) is 108 cm³/mol. The predicted octanol–water partition coefficient (Wildman–Crippen LogP) is 1.02. The number of ether oxygens (including phenoxy) is 2. The van der Waals surface area contributed by atoms with E-state index in [-0.39, 0.29) is 53.5 Å². The highest BCUT2D eigenvalue weighted by molar-refractivity contribution is 6.03. The van der Waals surface area contributed by atoms with E-state index in [1.165, 1.54) is 11.7 Å². The smallest absolute Gasteiger partial charge is 0.341 e. The Morgan fingerprint density at radius 1 is 1.39 bits per heavy atom. The lowest BCUT2D eigenvalue weighted by atomic mass is 10.0. The molecule has 3 heterocycles. The monoisotopic (exact) mass is 436 g/mol. The van der Waals surface area contributed by atoms with Gasteiger partial charge in [-0.2, -0.15) is 0 Å². The molecular formula is C20H22F2N4O5. The van der Waals surface area contributed by atoms with Gasteiger partial charge in [-0.05, 0) is 6.42 Å². The quantitative estimate of drug-likeness (QED) is 0.605. The van der Waals surface area contributed by atoms with Crippen molar-refractivity contribution in [3.63, 3.8) is 0 Å². The fourth-order valence-electron chi connectivity index (χ4n) is 4.93. The molecule has 0 amide bonds. The van der Waals surface area contributed by atoms with Gasteiger partial charge in [0.05, 0.1) is 47.9 Å². The fraction of sp³-hybridized carbons (Fsp3) is 0.500. The molecule has 2 aliphatic heterocycles. The van der Waals surface area contributed by atoms with Crippen LogP contribution >= 0.6 is 0 Å². The number of alkyl halides is 1. The molecule has 5 atom stereocenters. The average molecular weight is 436 g/mol. The highest BCUT2D eigenvalue weighted by atomic mass is 19.1. The van der Waals surface area contributed by atoms with E-state index in [0.29, 0.717) is 13.0 Å². The number of carbonyl (C=O) groups is 1. The van der Waals surface area contributed by atoms with Crippen LogP contribution < -0.4 is 26.5 Å². The Morgan fingerprint density at radius 2 is 2.10 bits per heavy atom. The van der Waals surface area contributed by atoms with E-state index in [0.717, 1.165) is 6.20 Å². The molecule has 1 saturated carbocycles. The Balaban J connectivity index is 1.85. The van der Waals surface area contributed by atoms with E-state index in [4.69, 9.17) is 20.9 Å². The maximum Gasteiger partial charge on any atom is 0.341 e. The summed E-state index contributed by atoms with van der Waals surface area (Å²) >= 11 is 0. The van der Waals surface area contributed by atoms with Crippen LogP contribution in [0.25, 0.3) is 10.9 Å². The second-order valence-electron chi connectivity index (χ2n) is 8.24. The van der Waals surface area contributed by atoms with Gasteiger partial charge in [0.15, 0.2) is 11.6 Å². The number of hydrogen-bond acceptors (Lipinski definition) is 7. The molecule has 3 fully saturated rings. The first-order valence-electron chi connectivity index (χ1n) is 10.0. The maximum atomic E-state index is 15.7. The van der Waals surface area contributed by atoms with Crippen molar-refractivity contribution < 1.29 is 28.2 Å². The van der Waals surface area contributed by atoms with Crippen LogP contribution in [0.3, 0.4) is 0 Å². The molecule has 3 aliphatic rings. The molecule has 1 aliphatic carbocycles. The lowest BCUT2D eigenvalue weighted by Gasteiger charge is -2.29. The summed E-state index contributed by atoms with van der Waals surface area (Å²) in [5.74, 6) is -2.41. The van der Waals surface area contributed by atoms with E-state index in [1.807, 2.05) is 0 Å². The van der Waals surface area contributed by atoms with Crippen LogP contribution in [0.1, 0.15) is 29.2 Å². The number of anilines is 2. The van der Waals surface area contributed by atoms with Gasteiger partial charge < -0.3 is 35.5 Å². The Labute approximate surface area is 175 Å². The molecule has 0 bridgehead atoms. The molecule has 0 radical (unpaired) electrons. The van der Waals surface area contributed by atoms with Crippen LogP contribution in [0.2, 0.25) is 0 Å². The Morgan fingerprint density at radius 3 is 2.71 bits per heavy atom. The largest absolute Gasteiger partial charge is 0.492 e. The van der Waals surface area contributed by atoms with E-state index in [9.17, 15) is 19.1 Å². The number of halogens is 2. The van der Waals surface area contributed by atoms with Gasteiger partial charge >= 0.3 is 5.97 Å². The zero-order valence-corrected chi connectivity index (χ0v) is 16.7. The van der Waals surface area contributed by atoms with Crippen molar-refractivity contribution in [2.75, 3.05) is 30.9 Å². The second kappa shape index (κ2) is 6.79. The molecule has 0 spiro atoms. The number of aromatic nitrogens is 1. The molecule has 166 valence electrons. The highest BCUT2D eigenvalue weighted by Crippen LogP contribution is 2.49. The Hall–Kier alpha value is -2.92. The molecule has 31 heavy (non-hydrogen) atoms. The van der Waals surface area contributed by atoms with Gasteiger partial charge in [0.25, 0.3) is 0 Å². The van der Waals surface area contributed by atoms with Gasteiger partial charge in [-0.15, -0.1) is 0 Å². The minimum atomic E-state index is -1.50. The molecule has 2 aromatic rings. The molecule has 9 nitrogen and oxygen atoms in total.